The summed E-state index contributed by atoms with van der Waals surface area (Å²) in [6.07, 6.45) is 0. The number of halogens is 1. The van der Waals surface area contributed by atoms with E-state index in [0.29, 0.717) is 19.0 Å². The minimum atomic E-state index is -0.0129. The van der Waals surface area contributed by atoms with Crippen molar-refractivity contribution in [1.82, 2.24) is 0 Å². The molecule has 0 heterocycles. The lowest BCUT2D eigenvalue weighted by molar-refractivity contribution is 0.262. The molecule has 0 aliphatic heterocycles. The number of hydrogen-bond donors (Lipinski definition) is 1. The summed E-state index contributed by atoms with van der Waals surface area (Å²) < 4.78 is 12.7. The van der Waals surface area contributed by atoms with Crippen molar-refractivity contribution >= 4 is 33.4 Å². The predicted molar refractivity (Wildman–Crippen MR) is 105 cm³/mol. The van der Waals surface area contributed by atoms with Crippen molar-refractivity contribution in [3.05, 3.63) is 69.3 Å². The van der Waals surface area contributed by atoms with Crippen LogP contribution in [0.4, 0.5) is 0 Å². The average molecular weight is 434 g/mol. The molecule has 4 heteroatoms. The maximum atomic E-state index is 9.35. The zero-order valence-electron chi connectivity index (χ0n) is 13.5. The summed E-state index contributed by atoms with van der Waals surface area (Å²) in [5.74, 6) is 1.40. The van der Waals surface area contributed by atoms with Crippen molar-refractivity contribution in [2.45, 2.75) is 20.1 Å². The van der Waals surface area contributed by atoms with Gasteiger partial charge < -0.3 is 14.6 Å². The summed E-state index contributed by atoms with van der Waals surface area (Å²) in [5, 5.41) is 11.8. The molecule has 0 amide bonds. The van der Waals surface area contributed by atoms with Crippen molar-refractivity contribution < 1.29 is 14.6 Å². The Labute approximate surface area is 155 Å². The molecule has 0 aliphatic carbocycles. The zero-order chi connectivity index (χ0) is 16.9. The molecule has 3 aromatic carbocycles. The van der Waals surface area contributed by atoms with E-state index < -0.39 is 0 Å². The Hall–Kier alpha value is -1.79. The third-order valence-corrected chi connectivity index (χ3v) is 4.55. The third-order valence-electron chi connectivity index (χ3n) is 3.75. The molecule has 0 aliphatic rings. The molecule has 0 saturated carbocycles. The summed E-state index contributed by atoms with van der Waals surface area (Å²) in [4.78, 5) is 0. The number of aliphatic hydroxyl groups excluding tert-OH is 1. The van der Waals surface area contributed by atoms with Gasteiger partial charge in [-0.3, -0.25) is 0 Å². The van der Waals surface area contributed by atoms with E-state index in [0.717, 1.165) is 20.4 Å². The molecule has 0 atom stereocenters. The molecule has 124 valence electrons. The lowest BCUT2D eigenvalue weighted by atomic mass is 10.1. The minimum absolute atomic E-state index is 0.0129. The Morgan fingerprint density at radius 1 is 0.917 bits per heavy atom. The summed E-state index contributed by atoms with van der Waals surface area (Å²) in [6, 6.07) is 18.4. The van der Waals surface area contributed by atoms with E-state index in [1.54, 1.807) is 0 Å². The second-order valence-electron chi connectivity index (χ2n) is 5.47. The van der Waals surface area contributed by atoms with Gasteiger partial charge in [0.2, 0.25) is 0 Å². The van der Waals surface area contributed by atoms with Crippen molar-refractivity contribution in [3.8, 4) is 11.5 Å². The van der Waals surface area contributed by atoms with Gasteiger partial charge in [0.15, 0.2) is 11.5 Å². The molecule has 0 aromatic heterocycles. The van der Waals surface area contributed by atoms with Gasteiger partial charge in [-0.15, -0.1) is 0 Å². The fraction of sp³-hybridized carbons (Fsp3) is 0.200. The maximum absolute atomic E-state index is 9.35. The van der Waals surface area contributed by atoms with Crippen LogP contribution in [0.5, 0.6) is 11.5 Å². The van der Waals surface area contributed by atoms with Crippen LogP contribution in [0.3, 0.4) is 0 Å². The fourth-order valence-corrected chi connectivity index (χ4v) is 3.42. The molecule has 1 N–H and O–H groups in total. The van der Waals surface area contributed by atoms with E-state index in [-0.39, 0.29) is 6.61 Å². The highest BCUT2D eigenvalue weighted by Crippen LogP contribution is 2.35. The Bertz CT molecular complexity index is 845. The van der Waals surface area contributed by atoms with Gasteiger partial charge in [0.1, 0.15) is 6.61 Å². The summed E-state index contributed by atoms with van der Waals surface area (Å²) in [6.45, 7) is 2.95. The predicted octanol–water partition coefficient (Wildman–Crippen LogP) is 4.91. The second kappa shape index (κ2) is 7.85. The first-order valence-corrected chi connectivity index (χ1v) is 8.95. The molecule has 0 fully saturated rings. The molecule has 0 unspecified atom stereocenters. The summed E-state index contributed by atoms with van der Waals surface area (Å²) >= 11 is 2.22. The standard InChI is InChI=1S/C20H19IO3/c1-2-23-19-11-15(12-22)10-18(21)20(19)24-13-14-7-8-16-5-3-4-6-17(16)9-14/h3-11,22H,2,12-13H2,1H3. The van der Waals surface area contributed by atoms with Crippen LogP contribution in [0.15, 0.2) is 54.6 Å². The Morgan fingerprint density at radius 3 is 2.46 bits per heavy atom. The van der Waals surface area contributed by atoms with Crippen LogP contribution in [0.2, 0.25) is 0 Å². The van der Waals surface area contributed by atoms with E-state index in [9.17, 15) is 5.11 Å². The molecule has 0 bridgehead atoms. The molecule has 0 saturated heterocycles. The van der Waals surface area contributed by atoms with Gasteiger partial charge in [0.25, 0.3) is 0 Å². The number of hydrogen-bond acceptors (Lipinski definition) is 3. The van der Waals surface area contributed by atoms with Gasteiger partial charge in [-0.1, -0.05) is 36.4 Å². The molecule has 24 heavy (non-hydrogen) atoms. The highest BCUT2D eigenvalue weighted by molar-refractivity contribution is 14.1. The lowest BCUT2D eigenvalue weighted by Gasteiger charge is -2.15. The van der Waals surface area contributed by atoms with Crippen molar-refractivity contribution in [2.75, 3.05) is 6.61 Å². The Morgan fingerprint density at radius 2 is 1.71 bits per heavy atom. The second-order valence-corrected chi connectivity index (χ2v) is 6.63. The van der Waals surface area contributed by atoms with Gasteiger partial charge in [0.05, 0.1) is 16.8 Å². The SMILES string of the molecule is CCOc1cc(CO)cc(I)c1OCc1ccc2ccccc2c1. The highest BCUT2D eigenvalue weighted by Gasteiger charge is 2.12. The molecule has 0 spiro atoms. The summed E-state index contributed by atoms with van der Waals surface area (Å²) in [7, 11) is 0. The molecule has 3 rings (SSSR count). The first-order chi connectivity index (χ1) is 11.7. The zero-order valence-corrected chi connectivity index (χ0v) is 15.6. The van der Waals surface area contributed by atoms with E-state index in [1.807, 2.05) is 31.2 Å². The quantitative estimate of drug-likeness (QED) is 0.561. The van der Waals surface area contributed by atoms with Gasteiger partial charge in [-0.05, 0) is 69.6 Å². The number of aliphatic hydroxyl groups is 1. The van der Waals surface area contributed by atoms with E-state index in [1.165, 1.54) is 10.8 Å². The molecular weight excluding hydrogens is 415 g/mol. The maximum Gasteiger partial charge on any atom is 0.174 e. The molecule has 0 radical (unpaired) electrons. The lowest BCUT2D eigenvalue weighted by Crippen LogP contribution is -2.02. The average Bonchev–Trinajstić information content (AvgIpc) is 2.61. The number of fused-ring (bicyclic) bond motifs is 1. The van der Waals surface area contributed by atoms with E-state index in [4.69, 9.17) is 9.47 Å². The van der Waals surface area contributed by atoms with E-state index in [2.05, 4.69) is 52.9 Å². The van der Waals surface area contributed by atoms with Crippen molar-refractivity contribution in [1.29, 1.82) is 0 Å². The first kappa shape index (κ1) is 17.0. The van der Waals surface area contributed by atoms with Gasteiger partial charge in [0, 0.05) is 0 Å². The van der Waals surface area contributed by atoms with Gasteiger partial charge in [-0.2, -0.15) is 0 Å². The van der Waals surface area contributed by atoms with E-state index >= 15 is 0 Å². The Balaban J connectivity index is 1.84. The first-order valence-electron chi connectivity index (χ1n) is 7.88. The smallest absolute Gasteiger partial charge is 0.174 e. The van der Waals surface area contributed by atoms with Crippen molar-refractivity contribution in [3.63, 3.8) is 0 Å². The highest BCUT2D eigenvalue weighted by atomic mass is 127. The normalized spacial score (nSPS) is 10.8. The monoisotopic (exact) mass is 434 g/mol. The third kappa shape index (κ3) is 3.82. The van der Waals surface area contributed by atoms with Crippen LogP contribution in [-0.4, -0.2) is 11.7 Å². The summed E-state index contributed by atoms with van der Waals surface area (Å²) in [5.41, 5.74) is 1.93. The van der Waals surface area contributed by atoms with Crippen LogP contribution in [0.25, 0.3) is 10.8 Å². The largest absolute Gasteiger partial charge is 0.490 e. The van der Waals surface area contributed by atoms with Crippen LogP contribution in [0, 0.1) is 3.57 Å². The van der Waals surface area contributed by atoms with Gasteiger partial charge in [-0.25, -0.2) is 0 Å². The van der Waals surface area contributed by atoms with Crippen molar-refractivity contribution in [2.24, 2.45) is 0 Å². The molecular formula is C20H19IO3. The van der Waals surface area contributed by atoms with Crippen LogP contribution < -0.4 is 9.47 Å². The topological polar surface area (TPSA) is 38.7 Å². The Kier molecular flexibility index (Phi) is 5.58. The number of benzene rings is 3. The van der Waals surface area contributed by atoms with Gasteiger partial charge >= 0.3 is 0 Å². The number of ether oxygens (including phenoxy) is 2. The van der Waals surface area contributed by atoms with Crippen LogP contribution in [0.1, 0.15) is 18.1 Å². The van der Waals surface area contributed by atoms with Crippen LogP contribution in [-0.2, 0) is 13.2 Å². The number of rotatable bonds is 6. The molecule has 3 nitrogen and oxygen atoms in total. The fourth-order valence-electron chi connectivity index (χ4n) is 2.60. The minimum Gasteiger partial charge on any atom is -0.490 e. The molecule has 3 aromatic rings. The van der Waals surface area contributed by atoms with Crippen LogP contribution >= 0.6 is 22.6 Å².